The van der Waals surface area contributed by atoms with Crippen LogP contribution in [0.1, 0.15) is 0 Å². The second-order valence-electron chi connectivity index (χ2n) is 6.59. The largest absolute Gasteiger partial charge is 0.673 e. The van der Waals surface area contributed by atoms with Gasteiger partial charge in [-0.1, -0.05) is 12.1 Å². The van der Waals surface area contributed by atoms with Gasteiger partial charge in [0, 0.05) is 5.56 Å². The molecule has 3 aromatic carbocycles. The Hall–Kier alpha value is -3.62. The zero-order valence-electron chi connectivity index (χ0n) is 16.2. The van der Waals surface area contributed by atoms with Gasteiger partial charge in [0.25, 0.3) is 0 Å². The third kappa shape index (κ3) is 6.70. The highest BCUT2D eigenvalue weighted by Gasteiger charge is 2.21. The molecule has 0 bridgehead atoms. The highest BCUT2D eigenvalue weighted by Crippen LogP contribution is 2.33. The Labute approximate surface area is 178 Å². The normalized spacial score (nSPS) is 11.0. The predicted octanol–water partition coefficient (Wildman–Crippen LogP) is 8.28. The lowest BCUT2D eigenvalue weighted by Crippen LogP contribution is -2.02. The Morgan fingerprint density at radius 1 is 0.438 bits per heavy atom. The van der Waals surface area contributed by atoms with Crippen LogP contribution in [0.5, 0.6) is 0 Å². The third-order valence-corrected chi connectivity index (χ3v) is 4.23. The fourth-order valence-corrected chi connectivity index (χ4v) is 2.82. The van der Waals surface area contributed by atoms with Crippen molar-refractivity contribution < 1.29 is 34.9 Å². The molecule has 0 saturated carbocycles. The Morgan fingerprint density at radius 2 is 0.719 bits per heavy atom. The van der Waals surface area contributed by atoms with E-state index in [-0.39, 0.29) is 17.5 Å². The average molecular weight is 450 g/mol. The van der Waals surface area contributed by atoms with Crippen molar-refractivity contribution in [2.24, 2.45) is 0 Å². The number of hydrogen-bond donors (Lipinski definition) is 0. The standard InChI is InChI=1S/C23H14F3O.BF4/c24-19-7-1-15(2-8-19)18-13-22(16-3-9-20(25)10-4-16)27-23(14-18)17-5-11-21(26)12-6-17;2-1(3,4)5/h1-14H;/q+1;-1. The molecule has 0 unspecified atom stereocenters. The van der Waals surface area contributed by atoms with Crippen LogP contribution in [0.4, 0.5) is 30.4 Å². The molecule has 164 valence electrons. The Kier molecular flexibility index (Phi) is 6.97. The molecule has 0 atom stereocenters. The van der Waals surface area contributed by atoms with Crippen molar-refractivity contribution in [3.8, 4) is 33.8 Å². The SMILES string of the molecule is F[B-](F)(F)F.Fc1ccc(-c2cc(-c3ccc(F)cc3)[o+]c(-c3ccc(F)cc3)c2)cc1. The summed E-state index contributed by atoms with van der Waals surface area (Å²) >= 11 is 0. The fraction of sp³-hybridized carbons (Fsp3) is 0. The molecule has 32 heavy (non-hydrogen) atoms. The van der Waals surface area contributed by atoms with Crippen molar-refractivity contribution in [1.29, 1.82) is 0 Å². The quantitative estimate of drug-likeness (QED) is 0.174. The molecule has 0 aliphatic heterocycles. The van der Waals surface area contributed by atoms with E-state index < -0.39 is 7.25 Å². The van der Waals surface area contributed by atoms with Gasteiger partial charge < -0.3 is 17.3 Å². The fourth-order valence-electron chi connectivity index (χ4n) is 2.82. The molecule has 0 saturated heterocycles. The van der Waals surface area contributed by atoms with Crippen LogP contribution in [0.2, 0.25) is 0 Å². The minimum Gasteiger partial charge on any atom is -0.418 e. The lowest BCUT2D eigenvalue weighted by atomic mass is 10.0. The summed E-state index contributed by atoms with van der Waals surface area (Å²) in [4.78, 5) is 0. The van der Waals surface area contributed by atoms with E-state index in [4.69, 9.17) is 4.42 Å². The molecular weight excluding hydrogens is 436 g/mol. The van der Waals surface area contributed by atoms with Gasteiger partial charge in [-0.25, -0.2) is 17.6 Å². The van der Waals surface area contributed by atoms with E-state index in [1.165, 1.54) is 36.4 Å². The Morgan fingerprint density at radius 3 is 1.03 bits per heavy atom. The minimum absolute atomic E-state index is 0.322. The van der Waals surface area contributed by atoms with Crippen molar-refractivity contribution in [2.45, 2.75) is 0 Å². The van der Waals surface area contributed by atoms with Gasteiger partial charge in [-0.3, -0.25) is 0 Å². The second kappa shape index (κ2) is 9.68. The maximum atomic E-state index is 13.3. The van der Waals surface area contributed by atoms with Gasteiger partial charge in [-0.05, 0) is 66.2 Å². The van der Waals surface area contributed by atoms with Gasteiger partial charge in [0.05, 0.1) is 23.3 Å². The second-order valence-corrected chi connectivity index (χ2v) is 6.59. The molecule has 0 aliphatic carbocycles. The maximum absolute atomic E-state index is 13.3. The smallest absolute Gasteiger partial charge is 0.418 e. The van der Waals surface area contributed by atoms with Crippen LogP contribution in [0.15, 0.2) is 89.3 Å². The molecule has 4 aromatic rings. The first-order valence-corrected chi connectivity index (χ1v) is 9.22. The van der Waals surface area contributed by atoms with Crippen molar-refractivity contribution in [2.75, 3.05) is 0 Å². The molecule has 9 heteroatoms. The first-order valence-electron chi connectivity index (χ1n) is 9.22. The van der Waals surface area contributed by atoms with Gasteiger partial charge in [0.2, 0.25) is 0 Å². The summed E-state index contributed by atoms with van der Waals surface area (Å²) in [5, 5.41) is 0. The zero-order valence-corrected chi connectivity index (χ0v) is 16.2. The van der Waals surface area contributed by atoms with Crippen LogP contribution in [0.25, 0.3) is 33.8 Å². The number of rotatable bonds is 3. The predicted molar refractivity (Wildman–Crippen MR) is 109 cm³/mol. The summed E-state index contributed by atoms with van der Waals surface area (Å²) in [5.74, 6) is 0.0450. The van der Waals surface area contributed by atoms with E-state index in [9.17, 15) is 30.4 Å². The van der Waals surface area contributed by atoms with Gasteiger partial charge in [-0.2, -0.15) is 0 Å². The Bertz CT molecular complexity index is 1010. The lowest BCUT2D eigenvalue weighted by Gasteiger charge is -2.02. The van der Waals surface area contributed by atoms with Crippen molar-refractivity contribution in [3.63, 3.8) is 0 Å². The van der Waals surface area contributed by atoms with Crippen LogP contribution in [-0.4, -0.2) is 7.25 Å². The summed E-state index contributed by atoms with van der Waals surface area (Å²) in [6, 6.07) is 21.6. The molecule has 1 heterocycles. The van der Waals surface area contributed by atoms with E-state index in [0.717, 1.165) is 11.1 Å². The Balaban J connectivity index is 0.000000523. The summed E-state index contributed by atoms with van der Waals surface area (Å²) in [6.45, 7) is 0. The number of halogens is 7. The molecule has 0 amide bonds. The first kappa shape index (κ1) is 23.1. The summed E-state index contributed by atoms with van der Waals surface area (Å²) < 4.78 is 84.8. The molecule has 0 radical (unpaired) electrons. The van der Waals surface area contributed by atoms with E-state index in [1.807, 2.05) is 12.1 Å². The van der Waals surface area contributed by atoms with Crippen LogP contribution >= 0.6 is 0 Å². The van der Waals surface area contributed by atoms with E-state index in [1.54, 1.807) is 36.4 Å². The number of benzene rings is 3. The van der Waals surface area contributed by atoms with Gasteiger partial charge in [0.1, 0.15) is 17.5 Å². The summed E-state index contributed by atoms with van der Waals surface area (Å²) in [7, 11) is -6.00. The zero-order chi connectivity index (χ0) is 23.3. The van der Waals surface area contributed by atoms with E-state index in [0.29, 0.717) is 22.6 Å². The monoisotopic (exact) mass is 450 g/mol. The summed E-state index contributed by atoms with van der Waals surface area (Å²) in [6.07, 6.45) is 0. The van der Waals surface area contributed by atoms with E-state index >= 15 is 0 Å². The molecular formula is C23H14BF7O. The molecule has 0 N–H and O–H groups in total. The van der Waals surface area contributed by atoms with Crippen LogP contribution in [0, 0.1) is 17.5 Å². The molecule has 0 fully saturated rings. The summed E-state index contributed by atoms with van der Waals surface area (Å²) in [5.41, 5.74) is 3.01. The van der Waals surface area contributed by atoms with E-state index in [2.05, 4.69) is 0 Å². The molecule has 0 spiro atoms. The van der Waals surface area contributed by atoms with Crippen molar-refractivity contribution >= 4 is 7.25 Å². The molecule has 1 nitrogen and oxygen atoms in total. The van der Waals surface area contributed by atoms with Gasteiger partial charge >= 0.3 is 18.8 Å². The maximum Gasteiger partial charge on any atom is 0.673 e. The average Bonchev–Trinajstić information content (AvgIpc) is 2.74. The number of hydrogen-bond acceptors (Lipinski definition) is 0. The highest BCUT2D eigenvalue weighted by molar-refractivity contribution is 6.50. The van der Waals surface area contributed by atoms with Crippen LogP contribution in [-0.2, 0) is 0 Å². The first-order chi connectivity index (χ1) is 15.1. The topological polar surface area (TPSA) is 11.3 Å². The van der Waals surface area contributed by atoms with Gasteiger partial charge in [-0.15, -0.1) is 0 Å². The highest BCUT2D eigenvalue weighted by atomic mass is 19.5. The van der Waals surface area contributed by atoms with Crippen LogP contribution < -0.4 is 0 Å². The minimum atomic E-state index is -6.00. The van der Waals surface area contributed by atoms with Crippen LogP contribution in [0.3, 0.4) is 0 Å². The van der Waals surface area contributed by atoms with Crippen molar-refractivity contribution in [1.82, 2.24) is 0 Å². The van der Waals surface area contributed by atoms with Gasteiger partial charge in [0.15, 0.2) is 0 Å². The molecule has 1 aromatic heterocycles. The van der Waals surface area contributed by atoms with Crippen molar-refractivity contribution in [3.05, 3.63) is 102 Å². The molecule has 0 aliphatic rings. The molecule has 4 rings (SSSR count). The third-order valence-electron chi connectivity index (χ3n) is 4.23. The lowest BCUT2D eigenvalue weighted by molar-refractivity contribution is 0.368.